The van der Waals surface area contributed by atoms with Gasteiger partial charge < -0.3 is 19.7 Å². The van der Waals surface area contributed by atoms with E-state index in [9.17, 15) is 14.7 Å². The molecule has 2 N–H and O–H groups in total. The van der Waals surface area contributed by atoms with Crippen LogP contribution in [0.15, 0.2) is 33.3 Å². The fourth-order valence-electron chi connectivity index (χ4n) is 3.05. The van der Waals surface area contributed by atoms with Crippen molar-refractivity contribution in [3.05, 3.63) is 45.8 Å². The van der Waals surface area contributed by atoms with Gasteiger partial charge in [0.2, 0.25) is 0 Å². The summed E-state index contributed by atoms with van der Waals surface area (Å²) in [7, 11) is 0. The number of carbonyl (C=O) groups is 2. The SMILES string of the molecule is Cc1cc(COc2ccc(C(=O)NC3(C(=O)O)CCCC3)cc2Br)on1. The average molecular weight is 423 g/mol. The minimum atomic E-state index is -1.16. The Kier molecular flexibility index (Phi) is 5.31. The van der Waals surface area contributed by atoms with E-state index in [0.29, 0.717) is 34.4 Å². The van der Waals surface area contributed by atoms with Gasteiger partial charge in [0, 0.05) is 11.6 Å². The molecule has 1 heterocycles. The number of aryl methyl sites for hydroxylation is 1. The third-order valence-electron chi connectivity index (χ3n) is 4.46. The van der Waals surface area contributed by atoms with Crippen molar-refractivity contribution in [2.24, 2.45) is 0 Å². The summed E-state index contributed by atoms with van der Waals surface area (Å²) in [5, 5.41) is 16.0. The van der Waals surface area contributed by atoms with Gasteiger partial charge in [-0.1, -0.05) is 18.0 Å². The van der Waals surface area contributed by atoms with Crippen molar-refractivity contribution in [1.82, 2.24) is 10.5 Å². The van der Waals surface area contributed by atoms with Crippen LogP contribution < -0.4 is 10.1 Å². The Morgan fingerprint density at radius 3 is 2.65 bits per heavy atom. The summed E-state index contributed by atoms with van der Waals surface area (Å²) in [6.07, 6.45) is 2.49. The third-order valence-corrected chi connectivity index (χ3v) is 5.08. The number of amides is 1. The number of carbonyl (C=O) groups excluding carboxylic acids is 1. The highest BCUT2D eigenvalue weighted by molar-refractivity contribution is 9.10. The van der Waals surface area contributed by atoms with Gasteiger partial charge in [-0.05, 0) is 53.9 Å². The van der Waals surface area contributed by atoms with Gasteiger partial charge in [-0.2, -0.15) is 0 Å². The second-order valence-corrected chi connectivity index (χ2v) is 7.27. The van der Waals surface area contributed by atoms with E-state index in [-0.39, 0.29) is 6.61 Å². The summed E-state index contributed by atoms with van der Waals surface area (Å²) in [4.78, 5) is 24.1. The predicted molar refractivity (Wildman–Crippen MR) is 96.0 cm³/mol. The maximum absolute atomic E-state index is 12.5. The molecule has 1 amide bonds. The molecule has 1 aromatic carbocycles. The van der Waals surface area contributed by atoms with Crippen molar-refractivity contribution < 1.29 is 24.0 Å². The molecule has 0 saturated heterocycles. The lowest BCUT2D eigenvalue weighted by Gasteiger charge is -2.25. The van der Waals surface area contributed by atoms with Crippen LogP contribution in [0.5, 0.6) is 5.75 Å². The first-order chi connectivity index (χ1) is 12.4. The number of carboxylic acids is 1. The molecule has 2 aromatic rings. The summed E-state index contributed by atoms with van der Waals surface area (Å²) in [6.45, 7) is 2.04. The van der Waals surface area contributed by atoms with Crippen LogP contribution in [-0.2, 0) is 11.4 Å². The van der Waals surface area contributed by atoms with Gasteiger partial charge in [0.05, 0.1) is 10.2 Å². The Labute approximate surface area is 158 Å². The highest BCUT2D eigenvalue weighted by Gasteiger charge is 2.42. The van der Waals surface area contributed by atoms with Crippen molar-refractivity contribution in [3.63, 3.8) is 0 Å². The second-order valence-electron chi connectivity index (χ2n) is 6.42. The quantitative estimate of drug-likeness (QED) is 0.738. The van der Waals surface area contributed by atoms with Gasteiger partial charge in [0.25, 0.3) is 5.91 Å². The zero-order valence-corrected chi connectivity index (χ0v) is 15.8. The van der Waals surface area contributed by atoms with E-state index < -0.39 is 17.4 Å². The molecule has 1 aliphatic rings. The number of hydrogen-bond donors (Lipinski definition) is 2. The Morgan fingerprint density at radius 2 is 2.08 bits per heavy atom. The number of aromatic nitrogens is 1. The number of rotatable bonds is 6. The van der Waals surface area contributed by atoms with E-state index in [1.54, 1.807) is 24.3 Å². The van der Waals surface area contributed by atoms with Crippen molar-refractivity contribution in [1.29, 1.82) is 0 Å². The van der Waals surface area contributed by atoms with Crippen molar-refractivity contribution in [2.75, 3.05) is 0 Å². The monoisotopic (exact) mass is 422 g/mol. The molecule has 1 saturated carbocycles. The fraction of sp³-hybridized carbons (Fsp3) is 0.389. The van der Waals surface area contributed by atoms with E-state index >= 15 is 0 Å². The Bertz CT molecular complexity index is 827. The summed E-state index contributed by atoms with van der Waals surface area (Å²) < 4.78 is 11.3. The van der Waals surface area contributed by atoms with E-state index in [4.69, 9.17) is 9.26 Å². The molecule has 26 heavy (non-hydrogen) atoms. The van der Waals surface area contributed by atoms with Crippen LogP contribution in [0, 0.1) is 6.92 Å². The molecule has 1 aliphatic carbocycles. The summed E-state index contributed by atoms with van der Waals surface area (Å²) in [5.41, 5.74) is -0.0238. The number of nitrogens with one attached hydrogen (secondary N) is 1. The zero-order chi connectivity index (χ0) is 18.7. The normalized spacial score (nSPS) is 15.6. The van der Waals surface area contributed by atoms with Gasteiger partial charge in [0.15, 0.2) is 5.76 Å². The lowest BCUT2D eigenvalue weighted by atomic mass is 9.97. The van der Waals surface area contributed by atoms with E-state index in [2.05, 4.69) is 26.4 Å². The van der Waals surface area contributed by atoms with Gasteiger partial charge in [-0.15, -0.1) is 0 Å². The highest BCUT2D eigenvalue weighted by atomic mass is 79.9. The molecule has 0 radical (unpaired) electrons. The van der Waals surface area contributed by atoms with Gasteiger partial charge in [-0.3, -0.25) is 4.79 Å². The number of hydrogen-bond acceptors (Lipinski definition) is 5. The molecule has 0 unspecified atom stereocenters. The molecule has 0 aliphatic heterocycles. The van der Waals surface area contributed by atoms with Crippen LogP contribution in [0.4, 0.5) is 0 Å². The largest absolute Gasteiger partial charge is 0.484 e. The molecule has 0 bridgehead atoms. The molecule has 3 rings (SSSR count). The standard InChI is InChI=1S/C18H19BrN2O5/c1-11-8-13(26-21-11)10-25-15-5-4-12(9-14(15)19)16(22)20-18(17(23)24)6-2-3-7-18/h4-5,8-9H,2-3,6-7,10H2,1H3,(H,20,22)(H,23,24). The summed E-state index contributed by atoms with van der Waals surface area (Å²) in [5.74, 6) is -0.248. The minimum Gasteiger partial charge on any atom is -0.484 e. The number of halogens is 1. The Hall–Kier alpha value is -2.35. The van der Waals surface area contributed by atoms with E-state index in [1.807, 2.05) is 6.92 Å². The zero-order valence-electron chi connectivity index (χ0n) is 14.3. The maximum Gasteiger partial charge on any atom is 0.329 e. The highest BCUT2D eigenvalue weighted by Crippen LogP contribution is 2.31. The van der Waals surface area contributed by atoms with Gasteiger partial charge >= 0.3 is 5.97 Å². The number of benzene rings is 1. The molecule has 138 valence electrons. The lowest BCUT2D eigenvalue weighted by molar-refractivity contribution is -0.144. The molecule has 1 fully saturated rings. The lowest BCUT2D eigenvalue weighted by Crippen LogP contribution is -2.52. The summed E-state index contributed by atoms with van der Waals surface area (Å²) in [6, 6.07) is 6.65. The van der Waals surface area contributed by atoms with Crippen LogP contribution in [0.3, 0.4) is 0 Å². The van der Waals surface area contributed by atoms with Crippen LogP contribution in [0.25, 0.3) is 0 Å². The molecule has 8 heteroatoms. The number of aliphatic carboxylic acids is 1. The minimum absolute atomic E-state index is 0.215. The maximum atomic E-state index is 12.5. The molecule has 0 atom stereocenters. The number of ether oxygens (including phenoxy) is 1. The number of carboxylic acid groups (broad SMARTS) is 1. The molecule has 7 nitrogen and oxygen atoms in total. The predicted octanol–water partition coefficient (Wildman–Crippen LogP) is 3.45. The van der Waals surface area contributed by atoms with E-state index in [1.165, 1.54) is 0 Å². The summed E-state index contributed by atoms with van der Waals surface area (Å²) >= 11 is 3.38. The molecule has 0 spiro atoms. The number of nitrogens with zero attached hydrogens (tertiary/aromatic N) is 1. The van der Waals surface area contributed by atoms with Gasteiger partial charge in [0.1, 0.15) is 17.9 Å². The molecular weight excluding hydrogens is 404 g/mol. The smallest absolute Gasteiger partial charge is 0.329 e. The Morgan fingerprint density at radius 1 is 1.35 bits per heavy atom. The van der Waals surface area contributed by atoms with Crippen molar-refractivity contribution in [3.8, 4) is 5.75 Å². The second kappa shape index (κ2) is 7.49. The fourth-order valence-corrected chi connectivity index (χ4v) is 3.55. The van der Waals surface area contributed by atoms with Gasteiger partial charge in [-0.25, -0.2) is 4.79 Å². The molecular formula is C18H19BrN2O5. The van der Waals surface area contributed by atoms with E-state index in [0.717, 1.165) is 18.5 Å². The van der Waals surface area contributed by atoms with Crippen LogP contribution >= 0.6 is 15.9 Å². The topological polar surface area (TPSA) is 102 Å². The third kappa shape index (κ3) is 3.90. The first-order valence-electron chi connectivity index (χ1n) is 8.30. The Balaban J connectivity index is 1.68. The first kappa shape index (κ1) is 18.4. The average Bonchev–Trinajstić information content (AvgIpc) is 3.23. The van der Waals surface area contributed by atoms with Crippen LogP contribution in [0.1, 0.15) is 47.5 Å². The first-order valence-corrected chi connectivity index (χ1v) is 9.09. The van der Waals surface area contributed by atoms with Crippen LogP contribution in [-0.4, -0.2) is 27.7 Å². The van der Waals surface area contributed by atoms with Crippen molar-refractivity contribution >= 4 is 27.8 Å². The van der Waals surface area contributed by atoms with Crippen molar-refractivity contribution in [2.45, 2.75) is 44.8 Å². The molecule has 1 aromatic heterocycles. The van der Waals surface area contributed by atoms with Crippen LogP contribution in [0.2, 0.25) is 0 Å².